The number of rotatable bonds is 14. The molecule has 0 atom stereocenters. The van der Waals surface area contributed by atoms with Gasteiger partial charge in [0.1, 0.15) is 6.54 Å². The van der Waals surface area contributed by atoms with Gasteiger partial charge in [-0.3, -0.25) is 19.4 Å². The van der Waals surface area contributed by atoms with E-state index < -0.39 is 12.0 Å². The number of amides is 3. The Hall–Kier alpha value is -4.97. The van der Waals surface area contributed by atoms with Crippen LogP contribution in [-0.4, -0.2) is 75.3 Å². The van der Waals surface area contributed by atoms with Crippen LogP contribution >= 0.6 is 11.8 Å². The van der Waals surface area contributed by atoms with E-state index in [0.29, 0.717) is 42.6 Å². The molecule has 11 nitrogen and oxygen atoms in total. The fourth-order valence-electron chi connectivity index (χ4n) is 4.58. The lowest BCUT2D eigenvalue weighted by Gasteiger charge is -2.20. The number of aromatic nitrogens is 3. The largest absolute Gasteiger partial charge is 0.481 e. The van der Waals surface area contributed by atoms with Crippen LogP contribution in [0.3, 0.4) is 0 Å². The first kappa shape index (κ1) is 32.9. The average molecular weight is 629 g/mol. The fraction of sp³-hybridized carbons (Fsp3) is 0.273. The van der Waals surface area contributed by atoms with E-state index in [1.807, 2.05) is 54.6 Å². The van der Waals surface area contributed by atoms with E-state index in [4.69, 9.17) is 5.11 Å². The molecule has 0 aliphatic rings. The first-order chi connectivity index (χ1) is 21.8. The Morgan fingerprint density at radius 3 is 2.53 bits per heavy atom. The van der Waals surface area contributed by atoms with Gasteiger partial charge < -0.3 is 20.6 Å². The number of hydrogen-bond donors (Lipinski definition) is 3. The van der Waals surface area contributed by atoms with Gasteiger partial charge in [0.25, 0.3) is 5.91 Å². The molecular formula is C33H36N6O5S. The normalized spacial score (nSPS) is 11.1. The summed E-state index contributed by atoms with van der Waals surface area (Å²) in [5, 5.41) is 19.6. The second kappa shape index (κ2) is 16.2. The second-order valence-corrected chi connectivity index (χ2v) is 11.2. The molecule has 0 fully saturated rings. The Bertz CT molecular complexity index is 1690. The molecule has 234 valence electrons. The number of unbranched alkanes of at least 4 members (excludes halogenated alkanes) is 2. The van der Waals surface area contributed by atoms with Crippen LogP contribution in [0, 0.1) is 0 Å². The molecule has 4 rings (SSSR count). The zero-order chi connectivity index (χ0) is 32.2. The zero-order valence-corrected chi connectivity index (χ0v) is 26.0. The smallest absolute Gasteiger partial charge is 0.345 e. The molecule has 0 spiro atoms. The average Bonchev–Trinajstić information content (AvgIpc) is 3.41. The highest BCUT2D eigenvalue weighted by atomic mass is 32.2. The minimum atomic E-state index is -0.836. The van der Waals surface area contributed by atoms with Crippen LogP contribution in [0.2, 0.25) is 0 Å². The van der Waals surface area contributed by atoms with Gasteiger partial charge in [0.2, 0.25) is 5.91 Å². The van der Waals surface area contributed by atoms with Crippen molar-refractivity contribution in [1.82, 2.24) is 30.3 Å². The monoisotopic (exact) mass is 628 g/mol. The highest BCUT2D eigenvalue weighted by Crippen LogP contribution is 2.33. The van der Waals surface area contributed by atoms with Crippen molar-refractivity contribution in [3.05, 3.63) is 83.8 Å². The third-order valence-corrected chi connectivity index (χ3v) is 7.99. The van der Waals surface area contributed by atoms with Gasteiger partial charge in [-0.2, -0.15) is 9.78 Å². The Morgan fingerprint density at radius 2 is 1.80 bits per heavy atom. The molecule has 4 aromatic rings. The maximum absolute atomic E-state index is 13.8. The van der Waals surface area contributed by atoms with Gasteiger partial charge in [0.15, 0.2) is 0 Å². The van der Waals surface area contributed by atoms with Crippen LogP contribution in [0.1, 0.15) is 54.4 Å². The maximum atomic E-state index is 13.8. The van der Waals surface area contributed by atoms with Crippen molar-refractivity contribution < 1.29 is 24.3 Å². The van der Waals surface area contributed by atoms with Crippen molar-refractivity contribution >= 4 is 58.6 Å². The number of likely N-dealkylation sites (N-methyl/N-ethyl adjacent to an activating group) is 1. The number of pyridine rings is 1. The van der Waals surface area contributed by atoms with Crippen molar-refractivity contribution in [2.24, 2.45) is 0 Å². The molecule has 3 N–H and O–H groups in total. The highest BCUT2D eigenvalue weighted by Gasteiger charge is 2.22. The summed E-state index contributed by atoms with van der Waals surface area (Å²) >= 11 is 1.40. The van der Waals surface area contributed by atoms with E-state index in [0.717, 1.165) is 20.9 Å². The van der Waals surface area contributed by atoms with Gasteiger partial charge in [-0.15, -0.1) is 0 Å². The number of nitrogens with one attached hydrogen (secondary N) is 2. The molecule has 12 heteroatoms. The van der Waals surface area contributed by atoms with Gasteiger partial charge >= 0.3 is 12.0 Å². The van der Waals surface area contributed by atoms with Crippen LogP contribution in [0.5, 0.6) is 0 Å². The molecule has 2 aromatic heterocycles. The number of fused-ring (bicyclic) bond motifs is 1. The van der Waals surface area contributed by atoms with Crippen molar-refractivity contribution in [3.8, 4) is 0 Å². The van der Waals surface area contributed by atoms with E-state index in [1.165, 1.54) is 21.3 Å². The van der Waals surface area contributed by atoms with E-state index in [2.05, 4.69) is 20.7 Å². The molecule has 3 amide bonds. The number of aliphatic carboxylic acids is 1. The number of carbonyl (C=O) groups excluding carboxylic acids is 3. The maximum Gasteiger partial charge on any atom is 0.345 e. The first-order valence-electron chi connectivity index (χ1n) is 14.7. The Labute approximate surface area is 265 Å². The third kappa shape index (κ3) is 9.02. The van der Waals surface area contributed by atoms with Gasteiger partial charge in [-0.1, -0.05) is 36.4 Å². The van der Waals surface area contributed by atoms with Gasteiger partial charge in [-0.05, 0) is 74.4 Å². The minimum absolute atomic E-state index is 0.101. The molecule has 45 heavy (non-hydrogen) atoms. The predicted molar refractivity (Wildman–Crippen MR) is 174 cm³/mol. The molecule has 0 saturated carbocycles. The van der Waals surface area contributed by atoms with Crippen LogP contribution < -0.4 is 10.6 Å². The number of nitrogens with zero attached hydrogens (tertiary/aromatic N) is 4. The number of carboxylic acids is 1. The zero-order valence-electron chi connectivity index (χ0n) is 25.2. The summed E-state index contributed by atoms with van der Waals surface area (Å²) in [6.07, 6.45) is 7.30. The molecule has 0 aliphatic carbocycles. The Morgan fingerprint density at radius 1 is 1.00 bits per heavy atom. The Kier molecular flexibility index (Phi) is 11.9. The lowest BCUT2D eigenvalue weighted by molar-refractivity contribution is -0.137. The summed E-state index contributed by atoms with van der Waals surface area (Å²) in [4.78, 5) is 57.0. The molecule has 0 saturated heterocycles. The van der Waals surface area contributed by atoms with Crippen molar-refractivity contribution in [1.29, 1.82) is 0 Å². The third-order valence-electron chi connectivity index (χ3n) is 6.92. The SMILES string of the molecule is CCN(CC(=O)NCCCCCC(=O)O)C(=O)n1nc(/C=C/c2ccccn2)c2ccc(Sc3ccccc3C(=O)NC)cc21. The topological polar surface area (TPSA) is 147 Å². The predicted octanol–water partition coefficient (Wildman–Crippen LogP) is 5.16. The first-order valence-corrected chi connectivity index (χ1v) is 15.5. The second-order valence-electron chi connectivity index (χ2n) is 10.1. The molecule has 0 bridgehead atoms. The summed E-state index contributed by atoms with van der Waals surface area (Å²) in [5.74, 6) is -1.34. The lowest BCUT2D eigenvalue weighted by atomic mass is 10.2. The molecule has 2 aromatic carbocycles. The standard InChI is InChI=1S/C33H36N6O5S/c1-3-38(22-30(40)36-20-9-4-5-14-31(41)42)33(44)39-28-21-24(45-29-13-7-6-12-26(29)32(43)34-2)16-17-25(28)27(37-39)18-15-23-11-8-10-19-35-23/h6-8,10-13,15-19,21H,3-5,9,14,20,22H2,1-2H3,(H,34,43)(H,36,40)(H,41,42)/b18-15+. The van der Waals surface area contributed by atoms with Crippen molar-refractivity contribution in [2.75, 3.05) is 26.7 Å². The summed E-state index contributed by atoms with van der Waals surface area (Å²) in [6.45, 7) is 2.31. The van der Waals surface area contributed by atoms with Crippen molar-refractivity contribution in [3.63, 3.8) is 0 Å². The van der Waals surface area contributed by atoms with Gasteiger partial charge in [0.05, 0.1) is 22.5 Å². The molecule has 0 radical (unpaired) electrons. The Balaban J connectivity index is 1.60. The minimum Gasteiger partial charge on any atom is -0.481 e. The summed E-state index contributed by atoms with van der Waals surface area (Å²) < 4.78 is 1.31. The number of carboxylic acid groups (broad SMARTS) is 1. The quantitative estimate of drug-likeness (QED) is 0.162. The fourth-order valence-corrected chi connectivity index (χ4v) is 5.56. The number of hydrogen-bond acceptors (Lipinski definition) is 7. The molecular weight excluding hydrogens is 592 g/mol. The molecule has 0 aliphatic heterocycles. The van der Waals surface area contributed by atoms with E-state index in [9.17, 15) is 19.2 Å². The van der Waals surface area contributed by atoms with Gasteiger partial charge in [-0.25, -0.2) is 4.79 Å². The lowest BCUT2D eigenvalue weighted by Crippen LogP contribution is -2.43. The van der Waals surface area contributed by atoms with Crippen molar-refractivity contribution in [2.45, 2.75) is 42.4 Å². The van der Waals surface area contributed by atoms with E-state index in [-0.39, 0.29) is 31.3 Å². The summed E-state index contributed by atoms with van der Waals surface area (Å²) in [6, 6.07) is 18.1. The van der Waals surface area contributed by atoms with Crippen LogP contribution in [0.4, 0.5) is 4.79 Å². The summed E-state index contributed by atoms with van der Waals surface area (Å²) in [5.41, 5.74) is 2.40. The van der Waals surface area contributed by atoms with Crippen LogP contribution in [-0.2, 0) is 9.59 Å². The van der Waals surface area contributed by atoms with Crippen LogP contribution in [0.15, 0.2) is 76.7 Å². The molecule has 0 unspecified atom stereocenters. The van der Waals surface area contributed by atoms with E-state index in [1.54, 1.807) is 38.4 Å². The van der Waals surface area contributed by atoms with Crippen LogP contribution in [0.25, 0.3) is 23.1 Å². The summed E-state index contributed by atoms with van der Waals surface area (Å²) in [7, 11) is 1.59. The number of carbonyl (C=O) groups is 4. The number of benzene rings is 2. The van der Waals surface area contributed by atoms with Gasteiger partial charge in [0, 0.05) is 47.9 Å². The highest BCUT2D eigenvalue weighted by molar-refractivity contribution is 7.99. The van der Waals surface area contributed by atoms with E-state index >= 15 is 0 Å². The molecule has 2 heterocycles.